The minimum atomic E-state index is -4.33. The SMILES string of the molecule is O=C(O)c1nc(CNCc2ccc(C(F)(F)F)cc2)cs1. The summed E-state index contributed by atoms with van der Waals surface area (Å²) in [5.41, 5.74) is 0.609. The first kappa shape index (κ1) is 15.5. The number of hydrogen-bond donors (Lipinski definition) is 2. The van der Waals surface area contributed by atoms with Gasteiger partial charge in [-0.1, -0.05) is 12.1 Å². The number of thiazole rings is 1. The van der Waals surface area contributed by atoms with Crippen molar-refractivity contribution in [2.24, 2.45) is 0 Å². The van der Waals surface area contributed by atoms with E-state index in [9.17, 15) is 18.0 Å². The summed E-state index contributed by atoms with van der Waals surface area (Å²) in [6.45, 7) is 0.725. The number of hydrogen-bond acceptors (Lipinski definition) is 4. The van der Waals surface area contributed by atoms with Gasteiger partial charge in [-0.25, -0.2) is 9.78 Å². The summed E-state index contributed by atoms with van der Waals surface area (Å²) < 4.78 is 37.2. The first-order valence-electron chi connectivity index (χ1n) is 5.91. The minimum absolute atomic E-state index is 0.0151. The number of nitrogens with zero attached hydrogens (tertiary/aromatic N) is 1. The first-order valence-corrected chi connectivity index (χ1v) is 6.79. The number of aromatic nitrogens is 1. The topological polar surface area (TPSA) is 62.2 Å². The van der Waals surface area contributed by atoms with Crippen LogP contribution in [-0.4, -0.2) is 16.1 Å². The molecule has 0 unspecified atom stereocenters. The maximum Gasteiger partial charge on any atom is 0.416 e. The van der Waals surface area contributed by atoms with Crippen molar-refractivity contribution in [2.45, 2.75) is 19.3 Å². The molecular weight excluding hydrogens is 305 g/mol. The quantitative estimate of drug-likeness (QED) is 0.889. The number of carboxylic acids is 1. The van der Waals surface area contributed by atoms with Crippen molar-refractivity contribution < 1.29 is 23.1 Å². The summed E-state index contributed by atoms with van der Waals surface area (Å²) in [5, 5.41) is 13.4. The second kappa shape index (κ2) is 6.23. The fourth-order valence-corrected chi connectivity index (χ4v) is 2.29. The smallest absolute Gasteiger partial charge is 0.416 e. The molecule has 0 saturated carbocycles. The Morgan fingerprint density at radius 3 is 2.43 bits per heavy atom. The molecular formula is C13H11F3N2O2S. The average Bonchev–Trinajstić information content (AvgIpc) is 2.87. The highest BCUT2D eigenvalue weighted by Crippen LogP contribution is 2.29. The van der Waals surface area contributed by atoms with Crippen molar-refractivity contribution in [3.63, 3.8) is 0 Å². The molecule has 21 heavy (non-hydrogen) atoms. The van der Waals surface area contributed by atoms with Gasteiger partial charge in [0, 0.05) is 18.5 Å². The third-order valence-electron chi connectivity index (χ3n) is 2.65. The molecule has 0 atom stereocenters. The number of carbonyl (C=O) groups is 1. The van der Waals surface area contributed by atoms with Crippen molar-refractivity contribution in [1.29, 1.82) is 0 Å². The molecule has 112 valence electrons. The monoisotopic (exact) mass is 316 g/mol. The van der Waals surface area contributed by atoms with Gasteiger partial charge in [0.15, 0.2) is 0 Å². The molecule has 0 radical (unpaired) electrons. The van der Waals surface area contributed by atoms with Gasteiger partial charge in [0.05, 0.1) is 11.3 Å². The van der Waals surface area contributed by atoms with Crippen LogP contribution in [0.15, 0.2) is 29.6 Å². The van der Waals surface area contributed by atoms with E-state index in [1.807, 2.05) is 0 Å². The van der Waals surface area contributed by atoms with E-state index in [1.54, 1.807) is 5.38 Å². The van der Waals surface area contributed by atoms with Gasteiger partial charge in [0.25, 0.3) is 0 Å². The molecule has 2 N–H and O–H groups in total. The molecule has 0 saturated heterocycles. The Kier molecular flexibility index (Phi) is 4.59. The van der Waals surface area contributed by atoms with Gasteiger partial charge < -0.3 is 10.4 Å². The summed E-state index contributed by atoms with van der Waals surface area (Å²) in [6.07, 6.45) is -4.33. The Morgan fingerprint density at radius 2 is 1.90 bits per heavy atom. The maximum atomic E-state index is 12.4. The van der Waals surface area contributed by atoms with Crippen LogP contribution in [0.4, 0.5) is 13.2 Å². The van der Waals surface area contributed by atoms with Crippen LogP contribution in [0.1, 0.15) is 26.6 Å². The third-order valence-corrected chi connectivity index (χ3v) is 3.53. The molecule has 1 aromatic carbocycles. The summed E-state index contributed by atoms with van der Waals surface area (Å²) in [5.74, 6) is -1.08. The zero-order chi connectivity index (χ0) is 15.5. The van der Waals surface area contributed by atoms with Crippen molar-refractivity contribution in [3.05, 3.63) is 51.5 Å². The molecule has 0 aliphatic heterocycles. The molecule has 0 amide bonds. The van der Waals surface area contributed by atoms with Gasteiger partial charge in [0.2, 0.25) is 5.01 Å². The van der Waals surface area contributed by atoms with Crippen LogP contribution < -0.4 is 5.32 Å². The van der Waals surface area contributed by atoms with Crippen LogP contribution in [0.3, 0.4) is 0 Å². The summed E-state index contributed by atoms with van der Waals surface area (Å²) in [4.78, 5) is 14.6. The lowest BCUT2D eigenvalue weighted by atomic mass is 10.1. The Hall–Kier alpha value is -1.93. The van der Waals surface area contributed by atoms with Crippen LogP contribution in [0, 0.1) is 0 Å². The van der Waals surface area contributed by atoms with Gasteiger partial charge in [-0.05, 0) is 17.7 Å². The number of aromatic carboxylic acids is 1. The number of alkyl halides is 3. The van der Waals surface area contributed by atoms with Gasteiger partial charge in [0.1, 0.15) is 0 Å². The number of halogens is 3. The molecule has 4 nitrogen and oxygen atoms in total. The fourth-order valence-electron chi connectivity index (χ4n) is 1.63. The Labute approximate surface area is 122 Å². The lowest BCUT2D eigenvalue weighted by molar-refractivity contribution is -0.137. The van der Waals surface area contributed by atoms with Gasteiger partial charge in [-0.2, -0.15) is 13.2 Å². The van der Waals surface area contributed by atoms with Crippen LogP contribution in [0.2, 0.25) is 0 Å². The standard InChI is InChI=1S/C13H11F3N2O2S/c14-13(15,16)9-3-1-8(2-4-9)5-17-6-10-7-21-11(18-10)12(19)20/h1-4,7,17H,5-6H2,(H,19,20). The van der Waals surface area contributed by atoms with Gasteiger partial charge in [-0.3, -0.25) is 0 Å². The largest absolute Gasteiger partial charge is 0.476 e. The van der Waals surface area contributed by atoms with E-state index in [1.165, 1.54) is 12.1 Å². The van der Waals surface area contributed by atoms with Crippen molar-refractivity contribution in [2.75, 3.05) is 0 Å². The highest BCUT2D eigenvalue weighted by Gasteiger charge is 2.29. The fraction of sp³-hybridized carbons (Fsp3) is 0.231. The Bertz CT molecular complexity index is 623. The number of benzene rings is 1. The molecule has 2 aromatic rings. The highest BCUT2D eigenvalue weighted by molar-refractivity contribution is 7.11. The van der Waals surface area contributed by atoms with Gasteiger partial charge in [-0.15, -0.1) is 11.3 Å². The second-order valence-corrected chi connectivity index (χ2v) is 5.11. The first-order chi connectivity index (χ1) is 9.86. The van der Waals surface area contributed by atoms with Crippen LogP contribution in [0.25, 0.3) is 0 Å². The van der Waals surface area contributed by atoms with Crippen molar-refractivity contribution in [1.82, 2.24) is 10.3 Å². The van der Waals surface area contributed by atoms with Gasteiger partial charge >= 0.3 is 12.1 Å². The van der Waals surface area contributed by atoms with Crippen LogP contribution in [-0.2, 0) is 19.3 Å². The van der Waals surface area contributed by atoms with E-state index in [4.69, 9.17) is 5.11 Å². The van der Waals surface area contributed by atoms with E-state index >= 15 is 0 Å². The molecule has 2 rings (SSSR count). The Morgan fingerprint density at radius 1 is 1.24 bits per heavy atom. The van der Waals surface area contributed by atoms with Crippen molar-refractivity contribution in [3.8, 4) is 0 Å². The molecule has 1 heterocycles. The van der Waals surface area contributed by atoms with E-state index < -0.39 is 17.7 Å². The molecule has 0 bridgehead atoms. The lowest BCUT2D eigenvalue weighted by Crippen LogP contribution is -2.13. The molecule has 0 aliphatic rings. The number of nitrogens with one attached hydrogen (secondary N) is 1. The highest BCUT2D eigenvalue weighted by atomic mass is 32.1. The molecule has 8 heteroatoms. The summed E-state index contributed by atoms with van der Waals surface area (Å²) in [7, 11) is 0. The predicted octanol–water partition coefficient (Wildman–Crippen LogP) is 3.15. The maximum absolute atomic E-state index is 12.4. The van der Waals surface area contributed by atoms with E-state index in [2.05, 4.69) is 10.3 Å². The van der Waals surface area contributed by atoms with E-state index in [0.717, 1.165) is 23.5 Å². The van der Waals surface area contributed by atoms with Crippen molar-refractivity contribution >= 4 is 17.3 Å². The lowest BCUT2D eigenvalue weighted by Gasteiger charge is -2.08. The predicted molar refractivity (Wildman–Crippen MR) is 71.1 cm³/mol. The Balaban J connectivity index is 1.87. The molecule has 1 aromatic heterocycles. The van der Waals surface area contributed by atoms with Crippen LogP contribution in [0.5, 0.6) is 0 Å². The summed E-state index contributed by atoms with van der Waals surface area (Å²) in [6, 6.07) is 4.86. The number of rotatable bonds is 5. The zero-order valence-electron chi connectivity index (χ0n) is 10.6. The second-order valence-electron chi connectivity index (χ2n) is 4.25. The van der Waals surface area contributed by atoms with E-state index in [0.29, 0.717) is 24.3 Å². The average molecular weight is 316 g/mol. The summed E-state index contributed by atoms with van der Waals surface area (Å²) >= 11 is 1.03. The zero-order valence-corrected chi connectivity index (χ0v) is 11.5. The minimum Gasteiger partial charge on any atom is -0.476 e. The molecule has 0 spiro atoms. The normalized spacial score (nSPS) is 11.6. The third kappa shape index (κ3) is 4.27. The molecule has 0 fully saturated rings. The van der Waals surface area contributed by atoms with E-state index in [-0.39, 0.29) is 5.01 Å². The van der Waals surface area contributed by atoms with Crippen LogP contribution >= 0.6 is 11.3 Å². The molecule has 0 aliphatic carbocycles. The number of carboxylic acid groups (broad SMARTS) is 1.